The average Bonchev–Trinajstić information content (AvgIpc) is 2.94. The Labute approximate surface area is 124 Å². The van der Waals surface area contributed by atoms with Crippen LogP contribution >= 0.6 is 0 Å². The van der Waals surface area contributed by atoms with E-state index in [1.54, 1.807) is 4.68 Å². The van der Waals surface area contributed by atoms with Gasteiger partial charge in [-0.25, -0.2) is 4.98 Å². The van der Waals surface area contributed by atoms with Gasteiger partial charge in [-0.15, -0.1) is 0 Å². The van der Waals surface area contributed by atoms with Crippen LogP contribution in [0.4, 0.5) is 11.8 Å². The molecule has 0 aromatic carbocycles. The maximum atomic E-state index is 4.72. The Morgan fingerprint density at radius 1 is 1.10 bits per heavy atom. The van der Waals surface area contributed by atoms with E-state index in [4.69, 9.17) is 4.98 Å². The molecule has 0 unspecified atom stereocenters. The molecule has 1 fully saturated rings. The molecule has 21 heavy (non-hydrogen) atoms. The van der Waals surface area contributed by atoms with Crippen LogP contribution in [0, 0.1) is 0 Å². The van der Waals surface area contributed by atoms with Crippen LogP contribution in [-0.2, 0) is 7.05 Å². The largest absolute Gasteiger partial charge is 0.373 e. The maximum Gasteiger partial charge on any atom is 0.227 e. The molecule has 0 aliphatic carbocycles. The smallest absolute Gasteiger partial charge is 0.227 e. The Kier molecular flexibility index (Phi) is 3.74. The van der Waals surface area contributed by atoms with Crippen LogP contribution in [0.25, 0.3) is 11.3 Å². The van der Waals surface area contributed by atoms with Crippen molar-refractivity contribution in [2.75, 3.05) is 50.5 Å². The third-order valence-electron chi connectivity index (χ3n) is 3.76. The Morgan fingerprint density at radius 3 is 2.48 bits per heavy atom. The number of anilines is 2. The van der Waals surface area contributed by atoms with E-state index in [0.717, 1.165) is 49.2 Å². The number of rotatable bonds is 3. The summed E-state index contributed by atoms with van der Waals surface area (Å²) in [4.78, 5) is 13.9. The van der Waals surface area contributed by atoms with E-state index in [0.29, 0.717) is 0 Å². The highest BCUT2D eigenvalue weighted by Gasteiger charge is 2.18. The van der Waals surface area contributed by atoms with Crippen molar-refractivity contribution < 1.29 is 0 Å². The van der Waals surface area contributed by atoms with E-state index in [2.05, 4.69) is 32.2 Å². The summed E-state index contributed by atoms with van der Waals surface area (Å²) in [5.74, 6) is 1.62. The number of likely N-dealkylation sites (N-methyl/N-ethyl adjacent to an activating group) is 1. The molecule has 0 spiro atoms. The van der Waals surface area contributed by atoms with Gasteiger partial charge in [0, 0.05) is 58.1 Å². The zero-order chi connectivity index (χ0) is 14.8. The standard InChI is InChI=1S/C14H21N7/c1-15-13-8-12(11-9-16-20(3)10-11)17-14(18-13)21-6-4-19(2)5-7-21/h8-10H,4-7H2,1-3H3,(H,15,17,18). The van der Waals surface area contributed by atoms with Crippen molar-refractivity contribution in [3.8, 4) is 11.3 Å². The van der Waals surface area contributed by atoms with Gasteiger partial charge in [0.15, 0.2) is 0 Å². The van der Waals surface area contributed by atoms with Gasteiger partial charge in [0.05, 0.1) is 11.9 Å². The number of hydrogen-bond donors (Lipinski definition) is 1. The molecule has 1 saturated heterocycles. The maximum absolute atomic E-state index is 4.72. The van der Waals surface area contributed by atoms with Crippen LogP contribution in [0.15, 0.2) is 18.5 Å². The fourth-order valence-electron chi connectivity index (χ4n) is 2.41. The predicted molar refractivity (Wildman–Crippen MR) is 83.5 cm³/mol. The molecule has 1 N–H and O–H groups in total. The number of aromatic nitrogens is 4. The molecule has 2 aromatic rings. The second-order valence-corrected chi connectivity index (χ2v) is 5.38. The van der Waals surface area contributed by atoms with Gasteiger partial charge in [0.25, 0.3) is 0 Å². The molecule has 0 radical (unpaired) electrons. The lowest BCUT2D eigenvalue weighted by Gasteiger charge is -2.32. The highest BCUT2D eigenvalue weighted by atomic mass is 15.3. The number of nitrogens with zero attached hydrogens (tertiary/aromatic N) is 6. The fraction of sp³-hybridized carbons (Fsp3) is 0.500. The first-order valence-corrected chi connectivity index (χ1v) is 7.15. The Morgan fingerprint density at radius 2 is 1.86 bits per heavy atom. The van der Waals surface area contributed by atoms with Crippen molar-refractivity contribution in [2.24, 2.45) is 7.05 Å². The molecule has 0 saturated carbocycles. The lowest BCUT2D eigenvalue weighted by molar-refractivity contribution is 0.311. The van der Waals surface area contributed by atoms with E-state index in [-0.39, 0.29) is 0 Å². The SMILES string of the molecule is CNc1cc(-c2cnn(C)c2)nc(N2CCN(C)CC2)n1. The third kappa shape index (κ3) is 2.97. The minimum atomic E-state index is 0.786. The average molecular weight is 287 g/mol. The molecule has 0 atom stereocenters. The Balaban J connectivity index is 1.93. The highest BCUT2D eigenvalue weighted by Crippen LogP contribution is 2.22. The predicted octanol–water partition coefficient (Wildman–Crippen LogP) is 0.671. The molecule has 1 aliphatic rings. The topological polar surface area (TPSA) is 62.1 Å². The van der Waals surface area contributed by atoms with Gasteiger partial charge in [-0.1, -0.05) is 0 Å². The molecule has 0 bridgehead atoms. The van der Waals surface area contributed by atoms with Crippen molar-refractivity contribution in [2.45, 2.75) is 0 Å². The van der Waals surface area contributed by atoms with Gasteiger partial charge in [-0.2, -0.15) is 10.1 Å². The van der Waals surface area contributed by atoms with Crippen molar-refractivity contribution in [3.63, 3.8) is 0 Å². The van der Waals surface area contributed by atoms with Crippen LogP contribution in [-0.4, -0.2) is 64.9 Å². The molecule has 1 aliphatic heterocycles. The normalized spacial score (nSPS) is 16.2. The summed E-state index contributed by atoms with van der Waals surface area (Å²) in [6, 6.07) is 1.95. The van der Waals surface area contributed by atoms with E-state index < -0.39 is 0 Å². The van der Waals surface area contributed by atoms with Gasteiger partial charge < -0.3 is 15.1 Å². The summed E-state index contributed by atoms with van der Waals surface area (Å²) in [5.41, 5.74) is 1.91. The summed E-state index contributed by atoms with van der Waals surface area (Å²) in [6.07, 6.45) is 3.80. The van der Waals surface area contributed by atoms with E-state index in [1.807, 2.05) is 32.6 Å². The number of nitrogens with one attached hydrogen (secondary N) is 1. The monoisotopic (exact) mass is 287 g/mol. The first-order chi connectivity index (χ1) is 10.2. The second kappa shape index (κ2) is 5.69. The minimum absolute atomic E-state index is 0.786. The fourth-order valence-corrected chi connectivity index (χ4v) is 2.41. The molecule has 7 nitrogen and oxygen atoms in total. The third-order valence-corrected chi connectivity index (χ3v) is 3.76. The molecule has 2 aromatic heterocycles. The van der Waals surface area contributed by atoms with Crippen LogP contribution in [0.2, 0.25) is 0 Å². The highest BCUT2D eigenvalue weighted by molar-refractivity contribution is 5.63. The summed E-state index contributed by atoms with van der Waals surface area (Å²) >= 11 is 0. The molecule has 3 rings (SSSR count). The van der Waals surface area contributed by atoms with Crippen LogP contribution in [0.3, 0.4) is 0 Å². The first kappa shape index (κ1) is 13.8. The molecule has 7 heteroatoms. The minimum Gasteiger partial charge on any atom is -0.373 e. The number of aryl methyl sites for hydroxylation is 1. The lowest BCUT2D eigenvalue weighted by Crippen LogP contribution is -2.45. The van der Waals surface area contributed by atoms with Gasteiger partial charge >= 0.3 is 0 Å². The summed E-state index contributed by atoms with van der Waals surface area (Å²) in [7, 11) is 5.93. The van der Waals surface area contributed by atoms with E-state index in [9.17, 15) is 0 Å². The summed E-state index contributed by atoms with van der Waals surface area (Å²) in [6.45, 7) is 3.98. The molecular formula is C14H21N7. The van der Waals surface area contributed by atoms with Gasteiger partial charge in [0.1, 0.15) is 5.82 Å². The van der Waals surface area contributed by atoms with Crippen molar-refractivity contribution in [1.29, 1.82) is 0 Å². The van der Waals surface area contributed by atoms with Gasteiger partial charge in [-0.05, 0) is 7.05 Å². The summed E-state index contributed by atoms with van der Waals surface area (Å²) in [5, 5.41) is 7.33. The van der Waals surface area contributed by atoms with E-state index in [1.165, 1.54) is 0 Å². The van der Waals surface area contributed by atoms with Crippen molar-refractivity contribution in [1.82, 2.24) is 24.6 Å². The molecule has 3 heterocycles. The Bertz CT molecular complexity index is 614. The van der Waals surface area contributed by atoms with Crippen molar-refractivity contribution in [3.05, 3.63) is 18.5 Å². The number of hydrogen-bond acceptors (Lipinski definition) is 6. The Hall–Kier alpha value is -2.15. The first-order valence-electron chi connectivity index (χ1n) is 7.15. The zero-order valence-corrected chi connectivity index (χ0v) is 12.7. The van der Waals surface area contributed by atoms with E-state index >= 15 is 0 Å². The molecular weight excluding hydrogens is 266 g/mol. The van der Waals surface area contributed by atoms with Gasteiger partial charge in [0.2, 0.25) is 5.95 Å². The van der Waals surface area contributed by atoms with Crippen molar-refractivity contribution >= 4 is 11.8 Å². The van der Waals surface area contributed by atoms with Crippen LogP contribution in [0.5, 0.6) is 0 Å². The van der Waals surface area contributed by atoms with Crippen LogP contribution in [0.1, 0.15) is 0 Å². The molecule has 0 amide bonds. The summed E-state index contributed by atoms with van der Waals surface area (Å²) < 4.78 is 1.78. The lowest BCUT2D eigenvalue weighted by atomic mass is 10.2. The second-order valence-electron chi connectivity index (χ2n) is 5.38. The van der Waals surface area contributed by atoms with Gasteiger partial charge in [-0.3, -0.25) is 4.68 Å². The zero-order valence-electron chi connectivity index (χ0n) is 12.7. The van der Waals surface area contributed by atoms with Crippen LogP contribution < -0.4 is 10.2 Å². The quantitative estimate of drug-likeness (QED) is 0.895. The molecule has 112 valence electrons. The number of piperazine rings is 1.